The van der Waals surface area contributed by atoms with E-state index in [0.717, 1.165) is 29.9 Å². The molecule has 10 nitrogen and oxygen atoms in total. The number of aliphatic hydroxyl groups is 2. The first-order chi connectivity index (χ1) is 16.9. The molecule has 5 heterocycles. The molecule has 0 saturated carbocycles. The summed E-state index contributed by atoms with van der Waals surface area (Å²) in [5, 5.41) is 21.9. The Kier molecular flexibility index (Phi) is 6.42. The number of aryl methyl sites for hydroxylation is 1. The van der Waals surface area contributed by atoms with E-state index in [2.05, 4.69) is 20.2 Å². The van der Waals surface area contributed by atoms with Gasteiger partial charge < -0.3 is 25.2 Å². The summed E-state index contributed by atoms with van der Waals surface area (Å²) in [6, 6.07) is 8.50. The van der Waals surface area contributed by atoms with Crippen molar-refractivity contribution in [2.45, 2.75) is 25.5 Å². The van der Waals surface area contributed by atoms with E-state index in [9.17, 15) is 9.90 Å². The molecule has 1 fully saturated rings. The number of hydrogen-bond acceptors (Lipinski definition) is 8. The minimum atomic E-state index is -1.01. The first kappa shape index (κ1) is 23.3. The van der Waals surface area contributed by atoms with E-state index in [4.69, 9.17) is 26.4 Å². The zero-order valence-electron chi connectivity index (χ0n) is 19.1. The van der Waals surface area contributed by atoms with Crippen LogP contribution >= 0.6 is 11.6 Å². The largest absolute Gasteiger partial charge is 0.475 e. The standard InChI is InChI=1S/C24H25ClN6O4/c1-14-8-15(2-5-26-14)22-19(25)10-20-23(29-22)31(17-4-7-30(20)11-17)24(34)28-16-3-6-27-21(9-16)35-13-18(33)12-32/h2-3,5-6,8-10,17-18,32-33H,4,7,11-13H2,1H3,(H,27,28,34)/t17-,18?/m0/s1. The first-order valence-electron chi connectivity index (χ1n) is 11.3. The molecule has 1 saturated heterocycles. The van der Waals surface area contributed by atoms with E-state index < -0.39 is 12.7 Å². The van der Waals surface area contributed by atoms with Crippen LogP contribution in [0.15, 0.2) is 42.7 Å². The highest BCUT2D eigenvalue weighted by Gasteiger charge is 2.41. The van der Waals surface area contributed by atoms with Crippen LogP contribution < -0.4 is 19.9 Å². The number of fused-ring (bicyclic) bond motifs is 4. The van der Waals surface area contributed by atoms with Crippen LogP contribution in [-0.2, 0) is 0 Å². The Balaban J connectivity index is 1.44. The molecule has 0 aliphatic carbocycles. The molecule has 2 atom stereocenters. The number of pyridine rings is 3. The smallest absolute Gasteiger partial charge is 0.327 e. The van der Waals surface area contributed by atoms with Gasteiger partial charge in [-0.3, -0.25) is 9.88 Å². The van der Waals surface area contributed by atoms with Gasteiger partial charge in [0.05, 0.1) is 29.1 Å². The third kappa shape index (κ3) is 4.72. The second-order valence-corrected chi connectivity index (χ2v) is 8.97. The quantitative estimate of drug-likeness (QED) is 0.476. The van der Waals surface area contributed by atoms with Gasteiger partial charge in [0.2, 0.25) is 5.88 Å². The van der Waals surface area contributed by atoms with Crippen LogP contribution in [0.2, 0.25) is 5.02 Å². The number of aliphatic hydroxyl groups excluding tert-OH is 2. The monoisotopic (exact) mass is 496 g/mol. The second kappa shape index (κ2) is 9.65. The van der Waals surface area contributed by atoms with Gasteiger partial charge in [0.25, 0.3) is 0 Å². The third-order valence-electron chi connectivity index (χ3n) is 6.04. The molecule has 2 aliphatic heterocycles. The van der Waals surface area contributed by atoms with Gasteiger partial charge in [0, 0.05) is 48.5 Å². The number of carbonyl (C=O) groups excluding carboxylic acids is 1. The molecule has 3 N–H and O–H groups in total. The van der Waals surface area contributed by atoms with Crippen molar-refractivity contribution in [3.8, 4) is 17.1 Å². The highest BCUT2D eigenvalue weighted by molar-refractivity contribution is 6.33. The maximum Gasteiger partial charge on any atom is 0.327 e. The topological polar surface area (TPSA) is 124 Å². The molecule has 5 rings (SSSR count). The summed E-state index contributed by atoms with van der Waals surface area (Å²) < 4.78 is 5.39. The highest BCUT2D eigenvalue weighted by Crippen LogP contribution is 2.43. The Bertz CT molecular complexity index is 1260. The van der Waals surface area contributed by atoms with Crippen LogP contribution in [0.5, 0.6) is 5.88 Å². The minimum absolute atomic E-state index is 0.0274. The first-order valence-corrected chi connectivity index (χ1v) is 11.7. The Morgan fingerprint density at radius 2 is 2.11 bits per heavy atom. The number of carbonyl (C=O) groups is 1. The molecule has 3 aromatic heterocycles. The number of ether oxygens (including phenoxy) is 1. The Morgan fingerprint density at radius 1 is 1.29 bits per heavy atom. The zero-order chi connectivity index (χ0) is 24.5. The lowest BCUT2D eigenvalue weighted by Gasteiger charge is -2.36. The number of urea groups is 1. The molecule has 2 aliphatic rings. The van der Waals surface area contributed by atoms with Crippen LogP contribution in [0.3, 0.4) is 0 Å². The molecular weight excluding hydrogens is 472 g/mol. The van der Waals surface area contributed by atoms with Crippen molar-refractivity contribution in [2.24, 2.45) is 0 Å². The van der Waals surface area contributed by atoms with Gasteiger partial charge in [-0.15, -0.1) is 0 Å². The van der Waals surface area contributed by atoms with Crippen LogP contribution in [0, 0.1) is 6.92 Å². The highest BCUT2D eigenvalue weighted by atomic mass is 35.5. The molecule has 35 heavy (non-hydrogen) atoms. The molecule has 2 amide bonds. The van der Waals surface area contributed by atoms with E-state index in [1.54, 1.807) is 23.2 Å². The van der Waals surface area contributed by atoms with Crippen molar-refractivity contribution in [3.05, 3.63) is 53.4 Å². The fraction of sp³-hybridized carbons (Fsp3) is 0.333. The van der Waals surface area contributed by atoms with Crippen molar-refractivity contribution in [3.63, 3.8) is 0 Å². The number of halogens is 1. The van der Waals surface area contributed by atoms with Crippen LogP contribution in [0.4, 0.5) is 22.0 Å². The molecule has 0 radical (unpaired) electrons. The lowest BCUT2D eigenvalue weighted by molar-refractivity contribution is 0.0521. The van der Waals surface area contributed by atoms with Gasteiger partial charge in [-0.2, -0.15) is 0 Å². The summed E-state index contributed by atoms with van der Waals surface area (Å²) in [6.07, 6.45) is 3.01. The molecule has 0 aromatic carbocycles. The van der Waals surface area contributed by atoms with Crippen molar-refractivity contribution in [1.82, 2.24) is 15.0 Å². The van der Waals surface area contributed by atoms with Gasteiger partial charge in [-0.05, 0) is 37.6 Å². The number of rotatable bonds is 6. The van der Waals surface area contributed by atoms with Crippen molar-refractivity contribution >= 4 is 34.8 Å². The third-order valence-corrected chi connectivity index (χ3v) is 6.33. The number of hydrogen-bond donors (Lipinski definition) is 3. The van der Waals surface area contributed by atoms with Crippen molar-refractivity contribution in [2.75, 3.05) is 41.4 Å². The van der Waals surface area contributed by atoms with Gasteiger partial charge >= 0.3 is 6.03 Å². The molecule has 3 aromatic rings. The molecule has 11 heteroatoms. The molecular formula is C24H25ClN6O4. The SMILES string of the molecule is Cc1cc(-c2nc3c(cc2Cl)N2CC[C@@H](C2)N3C(=O)Nc2ccnc(OCC(O)CO)c2)ccn1. The number of aromatic nitrogens is 3. The number of anilines is 3. The predicted molar refractivity (Wildman–Crippen MR) is 132 cm³/mol. The van der Waals surface area contributed by atoms with Crippen molar-refractivity contribution < 1.29 is 19.7 Å². The Hall–Kier alpha value is -3.47. The molecule has 2 bridgehead atoms. The van der Waals surface area contributed by atoms with Crippen LogP contribution in [-0.4, -0.2) is 69.6 Å². The predicted octanol–water partition coefficient (Wildman–Crippen LogP) is 2.86. The summed E-state index contributed by atoms with van der Waals surface area (Å²) in [7, 11) is 0. The van der Waals surface area contributed by atoms with E-state index in [1.165, 1.54) is 6.20 Å². The second-order valence-electron chi connectivity index (χ2n) is 8.57. The summed E-state index contributed by atoms with van der Waals surface area (Å²) in [5.41, 5.74) is 3.58. The van der Waals surface area contributed by atoms with Gasteiger partial charge in [0.1, 0.15) is 12.7 Å². The average molecular weight is 497 g/mol. The summed E-state index contributed by atoms with van der Waals surface area (Å²) in [5.74, 6) is 0.781. The van der Waals surface area contributed by atoms with Crippen molar-refractivity contribution in [1.29, 1.82) is 0 Å². The van der Waals surface area contributed by atoms with E-state index in [1.807, 2.05) is 25.1 Å². The molecule has 1 unspecified atom stereocenters. The number of nitrogens with one attached hydrogen (secondary N) is 1. The Morgan fingerprint density at radius 3 is 2.91 bits per heavy atom. The lowest BCUT2D eigenvalue weighted by atomic mass is 10.1. The fourth-order valence-corrected chi connectivity index (χ4v) is 4.62. The lowest BCUT2D eigenvalue weighted by Crippen LogP contribution is -2.48. The van der Waals surface area contributed by atoms with E-state index in [0.29, 0.717) is 28.8 Å². The fourth-order valence-electron chi connectivity index (χ4n) is 4.37. The summed E-state index contributed by atoms with van der Waals surface area (Å²) in [6.45, 7) is 2.89. The minimum Gasteiger partial charge on any atom is -0.475 e. The normalized spacial score (nSPS) is 17.2. The van der Waals surface area contributed by atoms with Gasteiger partial charge in [-0.25, -0.2) is 14.8 Å². The van der Waals surface area contributed by atoms with Crippen LogP contribution in [0.25, 0.3) is 11.3 Å². The van der Waals surface area contributed by atoms with Gasteiger partial charge in [-0.1, -0.05) is 11.6 Å². The molecule has 182 valence electrons. The maximum absolute atomic E-state index is 13.5. The van der Waals surface area contributed by atoms with E-state index in [-0.39, 0.29) is 24.6 Å². The number of nitrogens with zero attached hydrogens (tertiary/aromatic N) is 5. The zero-order valence-corrected chi connectivity index (χ0v) is 19.8. The van der Waals surface area contributed by atoms with Crippen LogP contribution in [0.1, 0.15) is 12.1 Å². The Labute approximate surface area is 207 Å². The van der Waals surface area contributed by atoms with E-state index >= 15 is 0 Å². The van der Waals surface area contributed by atoms with Gasteiger partial charge in [0.15, 0.2) is 5.82 Å². The summed E-state index contributed by atoms with van der Waals surface area (Å²) in [4.78, 5) is 30.6. The molecule has 0 spiro atoms. The number of amides is 2. The average Bonchev–Trinajstić information content (AvgIpc) is 3.27. The summed E-state index contributed by atoms with van der Waals surface area (Å²) >= 11 is 6.64. The maximum atomic E-state index is 13.5.